The number of pyridine rings is 1. The van der Waals surface area contributed by atoms with Gasteiger partial charge in [0.05, 0.1) is 31.4 Å². The Labute approximate surface area is 223 Å². The molecule has 0 fully saturated rings. The van der Waals surface area contributed by atoms with E-state index in [1.165, 1.54) is 51.4 Å². The smallest absolute Gasteiger partial charge is 0.329 e. The van der Waals surface area contributed by atoms with Crippen LogP contribution in [0.5, 0.6) is 17.2 Å². The maximum Gasteiger partial charge on any atom is 0.329 e. The Kier molecular flexibility index (Phi) is 11.4. The average molecular weight is 560 g/mol. The molecule has 0 saturated heterocycles. The van der Waals surface area contributed by atoms with Gasteiger partial charge in [-0.15, -0.1) is 0 Å². The Bertz CT molecular complexity index is 1090. The van der Waals surface area contributed by atoms with Gasteiger partial charge in [0, 0.05) is 11.8 Å². The molecule has 0 bridgehead atoms. The van der Waals surface area contributed by atoms with Gasteiger partial charge in [-0.3, -0.25) is 9.59 Å². The molecule has 1 aromatic carbocycles. The normalized spacial score (nSPS) is 11.3. The summed E-state index contributed by atoms with van der Waals surface area (Å²) in [6.45, 7) is 1.07. The first-order chi connectivity index (χ1) is 17.2. The minimum Gasteiger partial charge on any atom is -0.493 e. The number of carbonyl (C=O) groups excluding carboxylic acids is 3. The lowest BCUT2D eigenvalue weighted by Gasteiger charge is -2.19. The van der Waals surface area contributed by atoms with Gasteiger partial charge in [0.1, 0.15) is 6.04 Å². The molecule has 2 rings (SSSR count). The van der Waals surface area contributed by atoms with Crippen molar-refractivity contribution in [2.45, 2.75) is 19.4 Å². The zero-order chi connectivity index (χ0) is 26.8. The van der Waals surface area contributed by atoms with Crippen LogP contribution in [-0.4, -0.2) is 68.8 Å². The van der Waals surface area contributed by atoms with Gasteiger partial charge in [-0.25, -0.2) is 9.78 Å². The van der Waals surface area contributed by atoms with Crippen molar-refractivity contribution in [3.8, 4) is 17.2 Å². The number of rotatable bonds is 12. The quantitative estimate of drug-likeness (QED) is 0.374. The van der Waals surface area contributed by atoms with Crippen LogP contribution in [0.3, 0.4) is 0 Å². The molecule has 1 aromatic heterocycles. The fraction of sp³-hybridized carbons (Fsp3) is 0.391. The van der Waals surface area contributed by atoms with Crippen LogP contribution in [0.25, 0.3) is 0 Å². The minimum absolute atomic E-state index is 0.0919. The summed E-state index contributed by atoms with van der Waals surface area (Å²) in [5, 5.41) is 5.64. The number of hydrogen-bond donors (Lipinski definition) is 2. The van der Waals surface area contributed by atoms with Gasteiger partial charge < -0.3 is 29.6 Å². The van der Waals surface area contributed by atoms with E-state index in [1.54, 1.807) is 6.92 Å². The van der Waals surface area contributed by atoms with E-state index in [0.717, 1.165) is 0 Å². The molecule has 10 nitrogen and oxygen atoms in total. The maximum atomic E-state index is 12.9. The highest BCUT2D eigenvalue weighted by atomic mass is 35.5. The molecule has 2 N–H and O–H groups in total. The van der Waals surface area contributed by atoms with Crippen LogP contribution in [0.2, 0.25) is 10.0 Å². The van der Waals surface area contributed by atoms with Crippen LogP contribution in [-0.2, 0) is 14.3 Å². The fourth-order valence-corrected chi connectivity index (χ4v) is 3.85. The molecule has 36 heavy (non-hydrogen) atoms. The first kappa shape index (κ1) is 29.3. The third kappa shape index (κ3) is 7.55. The monoisotopic (exact) mass is 559 g/mol. The number of anilines is 1. The lowest BCUT2D eigenvalue weighted by Crippen LogP contribution is -2.43. The molecule has 2 aromatic rings. The van der Waals surface area contributed by atoms with E-state index in [1.807, 2.05) is 6.26 Å². The highest BCUT2D eigenvalue weighted by Gasteiger charge is 2.25. The lowest BCUT2D eigenvalue weighted by molar-refractivity contribution is -0.149. The molecule has 0 aliphatic heterocycles. The predicted octanol–water partition coefficient (Wildman–Crippen LogP) is 3.76. The van der Waals surface area contributed by atoms with Gasteiger partial charge in [-0.05, 0) is 43.0 Å². The highest BCUT2D eigenvalue weighted by Crippen LogP contribution is 2.38. The van der Waals surface area contributed by atoms with E-state index in [0.29, 0.717) is 22.1 Å². The van der Waals surface area contributed by atoms with E-state index in [9.17, 15) is 14.4 Å². The highest BCUT2D eigenvalue weighted by molar-refractivity contribution is 7.98. The van der Waals surface area contributed by atoms with Crippen molar-refractivity contribution in [2.75, 3.05) is 45.3 Å². The van der Waals surface area contributed by atoms with Crippen molar-refractivity contribution in [3.63, 3.8) is 0 Å². The number of esters is 1. The van der Waals surface area contributed by atoms with E-state index < -0.39 is 30.4 Å². The molecule has 1 unspecified atom stereocenters. The Balaban J connectivity index is 2.09. The van der Waals surface area contributed by atoms with E-state index in [2.05, 4.69) is 15.6 Å². The molecule has 0 spiro atoms. The summed E-state index contributed by atoms with van der Waals surface area (Å²) in [4.78, 5) is 41.9. The Hall–Kier alpha value is -2.89. The standard InChI is InChI=1S/C23H27Cl2N3O7S/c1-12-14(24)10-26-21(19(12)25)28-18(29)11-35-23(31)15(6-7-36-5)27-22(30)13-8-16(32-2)20(34-4)17(9-13)33-3/h8-10,15H,6-7,11H2,1-5H3,(H,27,30)(H,26,28,29). The molecule has 1 heterocycles. The second-order valence-electron chi connectivity index (χ2n) is 7.27. The van der Waals surface area contributed by atoms with Crippen molar-refractivity contribution >= 4 is 58.6 Å². The third-order valence-corrected chi connectivity index (χ3v) is 6.42. The number of thioether (sulfide) groups is 1. The maximum absolute atomic E-state index is 12.9. The number of hydrogen-bond acceptors (Lipinski definition) is 9. The summed E-state index contributed by atoms with van der Waals surface area (Å²) < 4.78 is 21.0. The van der Waals surface area contributed by atoms with Crippen LogP contribution in [0, 0.1) is 6.92 Å². The van der Waals surface area contributed by atoms with Gasteiger partial charge in [-0.2, -0.15) is 11.8 Å². The number of nitrogens with zero attached hydrogens (tertiary/aromatic N) is 1. The number of ether oxygens (including phenoxy) is 4. The average Bonchev–Trinajstić information content (AvgIpc) is 2.88. The topological polar surface area (TPSA) is 125 Å². The molecule has 196 valence electrons. The van der Waals surface area contributed by atoms with Gasteiger partial charge in [0.15, 0.2) is 23.9 Å². The molecule has 13 heteroatoms. The Morgan fingerprint density at radius 3 is 2.28 bits per heavy atom. The van der Waals surface area contributed by atoms with Crippen LogP contribution < -0.4 is 24.8 Å². The summed E-state index contributed by atoms with van der Waals surface area (Å²) in [5.41, 5.74) is 0.732. The van der Waals surface area contributed by atoms with Crippen LogP contribution >= 0.6 is 35.0 Å². The first-order valence-corrected chi connectivity index (χ1v) is 12.7. The molecule has 0 saturated carbocycles. The van der Waals surface area contributed by atoms with E-state index >= 15 is 0 Å². The second kappa shape index (κ2) is 14.0. The Morgan fingerprint density at radius 2 is 1.72 bits per heavy atom. The summed E-state index contributed by atoms with van der Waals surface area (Å²) in [5.74, 6) is -0.441. The zero-order valence-corrected chi connectivity index (χ0v) is 22.7. The summed E-state index contributed by atoms with van der Waals surface area (Å²) >= 11 is 13.6. The second-order valence-corrected chi connectivity index (χ2v) is 9.04. The number of halogens is 2. The van der Waals surface area contributed by atoms with E-state index in [-0.39, 0.29) is 34.3 Å². The number of aromatic nitrogens is 1. The molecule has 1 atom stereocenters. The van der Waals surface area contributed by atoms with Gasteiger partial charge in [0.25, 0.3) is 11.8 Å². The summed E-state index contributed by atoms with van der Waals surface area (Å²) in [7, 11) is 4.30. The molecule has 0 aliphatic carbocycles. The fourth-order valence-electron chi connectivity index (χ4n) is 2.99. The summed E-state index contributed by atoms with van der Waals surface area (Å²) in [6.07, 6.45) is 3.49. The zero-order valence-electron chi connectivity index (χ0n) is 20.4. The number of amides is 2. The first-order valence-electron chi connectivity index (χ1n) is 10.5. The van der Waals surface area contributed by atoms with Gasteiger partial charge in [-0.1, -0.05) is 23.2 Å². The summed E-state index contributed by atoms with van der Waals surface area (Å²) in [6, 6.07) is 1.93. The lowest BCUT2D eigenvalue weighted by atomic mass is 10.1. The number of nitrogens with one attached hydrogen (secondary N) is 2. The molecular formula is C23H27Cl2N3O7S. The van der Waals surface area contributed by atoms with Crippen LogP contribution in [0.1, 0.15) is 22.3 Å². The third-order valence-electron chi connectivity index (χ3n) is 4.93. The Morgan fingerprint density at radius 1 is 1.08 bits per heavy atom. The van der Waals surface area contributed by atoms with Crippen molar-refractivity contribution < 1.29 is 33.3 Å². The number of benzene rings is 1. The van der Waals surface area contributed by atoms with Gasteiger partial charge >= 0.3 is 5.97 Å². The van der Waals surface area contributed by atoms with Crippen molar-refractivity contribution in [3.05, 3.63) is 39.5 Å². The van der Waals surface area contributed by atoms with Crippen molar-refractivity contribution in [2.24, 2.45) is 0 Å². The largest absolute Gasteiger partial charge is 0.493 e. The van der Waals surface area contributed by atoms with Crippen molar-refractivity contribution in [1.29, 1.82) is 0 Å². The molecule has 0 aliphatic rings. The van der Waals surface area contributed by atoms with Crippen LogP contribution in [0.4, 0.5) is 5.82 Å². The SMILES string of the molecule is COc1cc(C(=O)NC(CCSC)C(=O)OCC(=O)Nc2ncc(Cl)c(C)c2Cl)cc(OC)c1OC. The van der Waals surface area contributed by atoms with Crippen LogP contribution in [0.15, 0.2) is 18.3 Å². The molecule has 0 radical (unpaired) electrons. The van der Waals surface area contributed by atoms with Crippen molar-refractivity contribution in [1.82, 2.24) is 10.3 Å². The molecular weight excluding hydrogens is 533 g/mol. The van der Waals surface area contributed by atoms with Gasteiger partial charge in [0.2, 0.25) is 5.75 Å². The number of methoxy groups -OCH3 is 3. The van der Waals surface area contributed by atoms with E-state index in [4.69, 9.17) is 42.1 Å². The predicted molar refractivity (Wildman–Crippen MR) is 139 cm³/mol. The minimum atomic E-state index is -1.00. The number of carbonyl (C=O) groups is 3. The molecule has 2 amide bonds.